The van der Waals surface area contributed by atoms with E-state index in [-0.39, 0.29) is 28.6 Å². The molecule has 0 unspecified atom stereocenters. The van der Waals surface area contributed by atoms with Gasteiger partial charge in [-0.25, -0.2) is 4.98 Å². The highest BCUT2D eigenvalue weighted by molar-refractivity contribution is 5.94. The molecule has 2 aromatic rings. The molecule has 27 heavy (non-hydrogen) atoms. The van der Waals surface area contributed by atoms with Gasteiger partial charge >= 0.3 is 0 Å². The first kappa shape index (κ1) is 19.1. The van der Waals surface area contributed by atoms with Crippen molar-refractivity contribution in [2.45, 2.75) is 59.4 Å². The van der Waals surface area contributed by atoms with Crippen LogP contribution < -0.4 is 11.1 Å². The molecule has 1 saturated heterocycles. The number of aromatic nitrogens is 3. The number of H-pyrrole nitrogens is 2. The zero-order valence-electron chi connectivity index (χ0n) is 16.3. The number of amides is 1. The zero-order chi connectivity index (χ0) is 19.7. The molecule has 0 aliphatic carbocycles. The second-order valence-corrected chi connectivity index (χ2v) is 7.05. The van der Waals surface area contributed by atoms with E-state index < -0.39 is 0 Å². The Morgan fingerprint density at radius 1 is 1.19 bits per heavy atom. The maximum atomic E-state index is 13.1. The third-order valence-electron chi connectivity index (χ3n) is 5.35. The molecule has 144 valence electrons. The van der Waals surface area contributed by atoms with Crippen molar-refractivity contribution in [3.05, 3.63) is 60.7 Å². The van der Waals surface area contributed by atoms with Crippen LogP contribution in [0.2, 0.25) is 0 Å². The fraction of sp³-hybridized carbons (Fsp3) is 0.500. The van der Waals surface area contributed by atoms with Gasteiger partial charge in [-0.05, 0) is 51.2 Å². The topological polar surface area (TPSA) is 98.9 Å². The Hall–Kier alpha value is -2.70. The van der Waals surface area contributed by atoms with Crippen molar-refractivity contribution in [1.82, 2.24) is 19.9 Å². The Labute approximate surface area is 157 Å². The molecule has 3 heterocycles. The van der Waals surface area contributed by atoms with E-state index in [2.05, 4.69) is 15.0 Å². The average Bonchev–Trinajstić information content (AvgIpc) is 3.12. The normalized spacial score (nSPS) is 16.7. The molecule has 2 N–H and O–H groups in total. The van der Waals surface area contributed by atoms with Crippen molar-refractivity contribution >= 4 is 5.91 Å². The lowest BCUT2D eigenvalue weighted by molar-refractivity contribution is 0.0727. The number of nitrogens with one attached hydrogen (secondary N) is 2. The van der Waals surface area contributed by atoms with Gasteiger partial charge in [-0.15, -0.1) is 0 Å². The Balaban J connectivity index is 1.98. The van der Waals surface area contributed by atoms with E-state index in [1.54, 1.807) is 11.0 Å². The van der Waals surface area contributed by atoms with Crippen molar-refractivity contribution in [2.24, 2.45) is 0 Å². The highest BCUT2D eigenvalue weighted by Crippen LogP contribution is 2.30. The van der Waals surface area contributed by atoms with Crippen LogP contribution in [-0.2, 0) is 12.8 Å². The Morgan fingerprint density at radius 3 is 2.56 bits per heavy atom. The fourth-order valence-corrected chi connectivity index (χ4v) is 3.85. The minimum atomic E-state index is -0.368. The number of nitrogens with zero attached hydrogens (tertiary/aromatic N) is 2. The van der Waals surface area contributed by atoms with Crippen LogP contribution in [0.25, 0.3) is 0 Å². The van der Waals surface area contributed by atoms with E-state index in [9.17, 15) is 14.4 Å². The predicted molar refractivity (Wildman–Crippen MR) is 103 cm³/mol. The summed E-state index contributed by atoms with van der Waals surface area (Å²) in [6.07, 6.45) is 2.83. The molecule has 0 aromatic carbocycles. The quantitative estimate of drug-likeness (QED) is 0.862. The summed E-state index contributed by atoms with van der Waals surface area (Å²) in [7, 11) is 0. The van der Waals surface area contributed by atoms with Gasteiger partial charge < -0.3 is 14.9 Å². The van der Waals surface area contributed by atoms with Gasteiger partial charge in [-0.1, -0.05) is 13.8 Å². The lowest BCUT2D eigenvalue weighted by atomic mass is 10.1. The lowest BCUT2D eigenvalue weighted by Crippen LogP contribution is -2.36. The Kier molecular flexibility index (Phi) is 5.30. The first-order valence-corrected chi connectivity index (χ1v) is 9.50. The summed E-state index contributed by atoms with van der Waals surface area (Å²) >= 11 is 0. The predicted octanol–water partition coefficient (Wildman–Crippen LogP) is 2.18. The first-order valence-electron chi connectivity index (χ1n) is 9.50. The first-order chi connectivity index (χ1) is 12.9. The molecule has 0 spiro atoms. The van der Waals surface area contributed by atoms with E-state index >= 15 is 0 Å². The molecule has 1 fully saturated rings. The maximum Gasteiger partial charge on any atom is 0.261 e. The third kappa shape index (κ3) is 3.46. The van der Waals surface area contributed by atoms with E-state index in [4.69, 9.17) is 0 Å². The van der Waals surface area contributed by atoms with Gasteiger partial charge in [0.1, 0.15) is 11.4 Å². The number of hydrogen-bond acceptors (Lipinski definition) is 4. The van der Waals surface area contributed by atoms with Gasteiger partial charge in [0, 0.05) is 23.5 Å². The summed E-state index contributed by atoms with van der Waals surface area (Å²) in [6.45, 7) is 8.12. The highest BCUT2D eigenvalue weighted by Gasteiger charge is 2.33. The maximum absolute atomic E-state index is 13.1. The number of hydrogen-bond donors (Lipinski definition) is 2. The number of aryl methyl sites for hydroxylation is 3. The van der Waals surface area contributed by atoms with Crippen LogP contribution in [0, 0.1) is 13.8 Å². The molecule has 3 rings (SSSR count). The number of rotatable bonds is 4. The number of likely N-dealkylation sites (tertiary alicyclic amines) is 1. The standard InChI is InChI=1S/C20H26N4O3/c1-5-13-12(4)21-17(23-18(13)25)16-8-7-9-24(16)20(27)14-10-11(3)15(6-2)22-19(14)26/h10,16H,5-9H2,1-4H3,(H,22,26)(H,21,23,25)/t16-/m0/s1. The summed E-state index contributed by atoms with van der Waals surface area (Å²) in [4.78, 5) is 49.7. The van der Waals surface area contributed by atoms with Crippen molar-refractivity contribution < 1.29 is 4.79 Å². The molecule has 2 aromatic heterocycles. The molecule has 0 radical (unpaired) electrons. The van der Waals surface area contributed by atoms with Crippen molar-refractivity contribution in [2.75, 3.05) is 6.54 Å². The largest absolute Gasteiger partial charge is 0.328 e. The van der Waals surface area contributed by atoms with E-state index in [1.165, 1.54) is 0 Å². The van der Waals surface area contributed by atoms with Crippen LogP contribution in [-0.4, -0.2) is 32.3 Å². The summed E-state index contributed by atoms with van der Waals surface area (Å²) < 4.78 is 0. The third-order valence-corrected chi connectivity index (χ3v) is 5.35. The molecule has 0 saturated carbocycles. The molecule has 7 nitrogen and oxygen atoms in total. The molecule has 1 aliphatic rings. The Bertz CT molecular complexity index is 990. The smallest absolute Gasteiger partial charge is 0.261 e. The minimum absolute atomic E-state index is 0.140. The second-order valence-electron chi connectivity index (χ2n) is 7.05. The van der Waals surface area contributed by atoms with Crippen molar-refractivity contribution in [1.29, 1.82) is 0 Å². The minimum Gasteiger partial charge on any atom is -0.328 e. The summed E-state index contributed by atoms with van der Waals surface area (Å²) in [5.74, 6) is 0.184. The molecule has 1 aliphatic heterocycles. The molecule has 1 amide bonds. The summed E-state index contributed by atoms with van der Waals surface area (Å²) in [5.41, 5.74) is 2.71. The fourth-order valence-electron chi connectivity index (χ4n) is 3.85. The number of carbonyl (C=O) groups is 1. The van der Waals surface area contributed by atoms with Gasteiger partial charge in [0.25, 0.3) is 17.0 Å². The van der Waals surface area contributed by atoms with Gasteiger partial charge in [-0.2, -0.15) is 0 Å². The molecular formula is C20H26N4O3. The summed E-state index contributed by atoms with van der Waals surface area (Å²) in [6, 6.07) is 1.34. The second kappa shape index (κ2) is 7.50. The van der Waals surface area contributed by atoms with Gasteiger partial charge in [-0.3, -0.25) is 14.4 Å². The monoisotopic (exact) mass is 370 g/mol. The van der Waals surface area contributed by atoms with Crippen LogP contribution in [0.3, 0.4) is 0 Å². The molecule has 7 heteroatoms. The van der Waals surface area contributed by atoms with Crippen LogP contribution >= 0.6 is 0 Å². The van der Waals surface area contributed by atoms with Crippen molar-refractivity contribution in [3.63, 3.8) is 0 Å². The van der Waals surface area contributed by atoms with Gasteiger partial charge in [0.15, 0.2) is 0 Å². The van der Waals surface area contributed by atoms with Crippen LogP contribution in [0.1, 0.15) is 71.4 Å². The van der Waals surface area contributed by atoms with Crippen LogP contribution in [0.5, 0.6) is 0 Å². The van der Waals surface area contributed by atoms with E-state index in [0.29, 0.717) is 42.9 Å². The van der Waals surface area contributed by atoms with E-state index in [0.717, 1.165) is 17.7 Å². The number of aromatic amines is 2. The molecule has 1 atom stereocenters. The van der Waals surface area contributed by atoms with Crippen molar-refractivity contribution in [3.8, 4) is 0 Å². The summed E-state index contributed by atoms with van der Waals surface area (Å²) in [5, 5.41) is 0. The number of pyridine rings is 1. The highest BCUT2D eigenvalue weighted by atomic mass is 16.2. The zero-order valence-corrected chi connectivity index (χ0v) is 16.3. The Morgan fingerprint density at radius 2 is 1.93 bits per heavy atom. The molecular weight excluding hydrogens is 344 g/mol. The van der Waals surface area contributed by atoms with Crippen LogP contribution in [0.4, 0.5) is 0 Å². The lowest BCUT2D eigenvalue weighted by Gasteiger charge is -2.24. The van der Waals surface area contributed by atoms with Crippen LogP contribution in [0.15, 0.2) is 15.7 Å². The number of carbonyl (C=O) groups excluding carboxylic acids is 1. The SMILES string of the molecule is CCc1[nH]c(=O)c(C(=O)N2CCC[C@H]2c2nc(C)c(CC)c(=O)[nH]2)cc1C. The van der Waals surface area contributed by atoms with Gasteiger partial charge in [0.2, 0.25) is 0 Å². The molecule has 0 bridgehead atoms. The van der Waals surface area contributed by atoms with E-state index in [1.807, 2.05) is 27.7 Å². The van der Waals surface area contributed by atoms with Gasteiger partial charge in [0.05, 0.1) is 6.04 Å². The average molecular weight is 370 g/mol.